The number of nitrogens with zero attached hydrogens (tertiary/aromatic N) is 1. The van der Waals surface area contributed by atoms with Crippen LogP contribution in [0.4, 0.5) is 0 Å². The number of amides is 2. The molecule has 0 atom stereocenters. The zero-order chi connectivity index (χ0) is 13.3. The summed E-state index contributed by atoms with van der Waals surface area (Å²) in [5.41, 5.74) is -0.504. The van der Waals surface area contributed by atoms with Crippen molar-refractivity contribution in [1.82, 2.24) is 10.2 Å². The van der Waals surface area contributed by atoms with Gasteiger partial charge in [0.1, 0.15) is 5.54 Å². The highest BCUT2D eigenvalue weighted by Crippen LogP contribution is 2.37. The van der Waals surface area contributed by atoms with Gasteiger partial charge in [-0.1, -0.05) is 32.1 Å². The van der Waals surface area contributed by atoms with E-state index >= 15 is 0 Å². The molecule has 3 aliphatic rings. The number of carbonyl (C=O) groups is 2. The van der Waals surface area contributed by atoms with E-state index in [0.29, 0.717) is 12.5 Å². The highest BCUT2D eigenvalue weighted by molar-refractivity contribution is 5.94. The van der Waals surface area contributed by atoms with Crippen LogP contribution < -0.4 is 5.32 Å². The van der Waals surface area contributed by atoms with E-state index in [0.717, 1.165) is 45.1 Å². The Kier molecular flexibility index (Phi) is 3.50. The summed E-state index contributed by atoms with van der Waals surface area (Å²) >= 11 is 0. The largest absolute Gasteiger partial charge is 0.351 e. The minimum absolute atomic E-state index is 0.132. The second-order valence-corrected chi connectivity index (χ2v) is 6.34. The summed E-state index contributed by atoms with van der Waals surface area (Å²) in [5, 5.41) is 3.23. The Morgan fingerprint density at radius 2 is 1.79 bits per heavy atom. The van der Waals surface area contributed by atoms with Crippen LogP contribution in [0.25, 0.3) is 0 Å². The fourth-order valence-corrected chi connectivity index (χ4v) is 3.91. The van der Waals surface area contributed by atoms with Crippen LogP contribution in [0.2, 0.25) is 0 Å². The molecule has 3 fully saturated rings. The molecule has 4 heteroatoms. The van der Waals surface area contributed by atoms with Gasteiger partial charge in [-0.2, -0.15) is 0 Å². The predicted octanol–water partition coefficient (Wildman–Crippen LogP) is 1.98. The first-order chi connectivity index (χ1) is 9.22. The standard InChI is InChI=1S/C15H24N2O2/c18-13-8-11-17(13)15(9-4-1-5-10-15)14(19)16-12-6-2-3-7-12/h12H,1-11H2,(H,16,19). The number of carbonyl (C=O) groups excluding carboxylic acids is 2. The smallest absolute Gasteiger partial charge is 0.246 e. The van der Waals surface area contributed by atoms with Crippen LogP contribution in [-0.2, 0) is 9.59 Å². The van der Waals surface area contributed by atoms with Gasteiger partial charge in [0.05, 0.1) is 0 Å². The van der Waals surface area contributed by atoms with Crippen LogP contribution in [-0.4, -0.2) is 34.8 Å². The van der Waals surface area contributed by atoms with Crippen LogP contribution >= 0.6 is 0 Å². The zero-order valence-electron chi connectivity index (χ0n) is 11.6. The van der Waals surface area contributed by atoms with Gasteiger partial charge in [-0.3, -0.25) is 9.59 Å². The summed E-state index contributed by atoms with van der Waals surface area (Å²) in [4.78, 5) is 26.4. The molecule has 0 radical (unpaired) electrons. The fourth-order valence-electron chi connectivity index (χ4n) is 3.91. The number of nitrogens with one attached hydrogen (secondary N) is 1. The Morgan fingerprint density at radius 1 is 1.11 bits per heavy atom. The lowest BCUT2D eigenvalue weighted by Crippen LogP contribution is -2.66. The molecule has 1 heterocycles. The molecular weight excluding hydrogens is 240 g/mol. The summed E-state index contributed by atoms with van der Waals surface area (Å²) in [5.74, 6) is 0.302. The van der Waals surface area contributed by atoms with Gasteiger partial charge in [0.2, 0.25) is 11.8 Å². The monoisotopic (exact) mass is 264 g/mol. The van der Waals surface area contributed by atoms with Crippen molar-refractivity contribution in [3.05, 3.63) is 0 Å². The Balaban J connectivity index is 1.73. The summed E-state index contributed by atoms with van der Waals surface area (Å²) in [6.45, 7) is 0.775. The quantitative estimate of drug-likeness (QED) is 0.792. The number of hydrogen-bond acceptors (Lipinski definition) is 2. The molecular formula is C15H24N2O2. The molecule has 2 aliphatic carbocycles. The van der Waals surface area contributed by atoms with Crippen molar-refractivity contribution in [3.8, 4) is 0 Å². The highest BCUT2D eigenvalue weighted by Gasteiger charge is 2.50. The Hall–Kier alpha value is -1.06. The first kappa shape index (κ1) is 12.9. The third-order valence-corrected chi connectivity index (χ3v) is 5.16. The van der Waals surface area contributed by atoms with E-state index in [-0.39, 0.29) is 11.8 Å². The SMILES string of the molecule is O=C1CCN1C1(C(=O)NC2CCCC2)CCCCC1. The van der Waals surface area contributed by atoms with Crippen molar-refractivity contribution < 1.29 is 9.59 Å². The maximum absolute atomic E-state index is 12.8. The average Bonchev–Trinajstić information content (AvgIpc) is 2.91. The van der Waals surface area contributed by atoms with Gasteiger partial charge in [-0.15, -0.1) is 0 Å². The van der Waals surface area contributed by atoms with Gasteiger partial charge in [0.25, 0.3) is 0 Å². The fraction of sp³-hybridized carbons (Fsp3) is 0.867. The summed E-state index contributed by atoms with van der Waals surface area (Å²) in [6.07, 6.45) is 10.3. The second kappa shape index (κ2) is 5.14. The minimum Gasteiger partial charge on any atom is -0.351 e. The number of hydrogen-bond donors (Lipinski definition) is 1. The molecule has 2 saturated carbocycles. The third kappa shape index (κ3) is 2.26. The number of likely N-dealkylation sites (tertiary alicyclic amines) is 1. The molecule has 0 aromatic heterocycles. The molecule has 19 heavy (non-hydrogen) atoms. The summed E-state index contributed by atoms with van der Waals surface area (Å²) in [6, 6.07) is 0.350. The Labute approximate surface area is 114 Å². The van der Waals surface area contributed by atoms with Crippen LogP contribution in [0.15, 0.2) is 0 Å². The van der Waals surface area contributed by atoms with E-state index in [2.05, 4.69) is 5.32 Å². The maximum atomic E-state index is 12.8. The molecule has 0 unspecified atom stereocenters. The van der Waals surface area contributed by atoms with E-state index < -0.39 is 5.54 Å². The number of β-lactam (4-membered cyclic amide) rings is 1. The maximum Gasteiger partial charge on any atom is 0.246 e. The van der Waals surface area contributed by atoms with Gasteiger partial charge in [0.15, 0.2) is 0 Å². The van der Waals surface area contributed by atoms with Crippen molar-refractivity contribution in [3.63, 3.8) is 0 Å². The van der Waals surface area contributed by atoms with Gasteiger partial charge >= 0.3 is 0 Å². The molecule has 0 aromatic carbocycles. The van der Waals surface area contributed by atoms with Crippen LogP contribution in [0.5, 0.6) is 0 Å². The molecule has 0 bridgehead atoms. The molecule has 4 nitrogen and oxygen atoms in total. The van der Waals surface area contributed by atoms with E-state index in [1.165, 1.54) is 19.3 Å². The summed E-state index contributed by atoms with van der Waals surface area (Å²) < 4.78 is 0. The van der Waals surface area contributed by atoms with Crippen LogP contribution in [0.1, 0.15) is 64.2 Å². The molecule has 1 N–H and O–H groups in total. The van der Waals surface area contributed by atoms with Gasteiger partial charge in [-0.05, 0) is 25.7 Å². The van der Waals surface area contributed by atoms with E-state index in [9.17, 15) is 9.59 Å². The molecule has 2 amide bonds. The van der Waals surface area contributed by atoms with Crippen LogP contribution in [0, 0.1) is 0 Å². The van der Waals surface area contributed by atoms with E-state index in [1.807, 2.05) is 4.90 Å². The average molecular weight is 264 g/mol. The van der Waals surface area contributed by atoms with Crippen molar-refractivity contribution in [1.29, 1.82) is 0 Å². The minimum atomic E-state index is -0.504. The van der Waals surface area contributed by atoms with Gasteiger partial charge < -0.3 is 10.2 Å². The molecule has 0 spiro atoms. The first-order valence-corrected chi connectivity index (χ1v) is 7.84. The Bertz CT molecular complexity index is 368. The van der Waals surface area contributed by atoms with Crippen molar-refractivity contribution in [2.75, 3.05) is 6.54 Å². The van der Waals surface area contributed by atoms with E-state index in [1.54, 1.807) is 0 Å². The third-order valence-electron chi connectivity index (χ3n) is 5.16. The molecule has 106 valence electrons. The topological polar surface area (TPSA) is 49.4 Å². The van der Waals surface area contributed by atoms with Gasteiger partial charge in [-0.25, -0.2) is 0 Å². The second-order valence-electron chi connectivity index (χ2n) is 6.34. The molecule has 1 aliphatic heterocycles. The van der Waals surface area contributed by atoms with Crippen LogP contribution in [0.3, 0.4) is 0 Å². The zero-order valence-corrected chi connectivity index (χ0v) is 11.6. The highest BCUT2D eigenvalue weighted by atomic mass is 16.2. The first-order valence-electron chi connectivity index (χ1n) is 7.84. The normalized spacial score (nSPS) is 27.2. The van der Waals surface area contributed by atoms with Crippen molar-refractivity contribution in [2.24, 2.45) is 0 Å². The predicted molar refractivity (Wildman–Crippen MR) is 72.5 cm³/mol. The lowest BCUT2D eigenvalue weighted by Gasteiger charge is -2.49. The Morgan fingerprint density at radius 3 is 2.32 bits per heavy atom. The number of rotatable bonds is 3. The van der Waals surface area contributed by atoms with Crippen molar-refractivity contribution >= 4 is 11.8 Å². The summed E-state index contributed by atoms with van der Waals surface area (Å²) in [7, 11) is 0. The molecule has 1 saturated heterocycles. The van der Waals surface area contributed by atoms with Crippen molar-refractivity contribution in [2.45, 2.75) is 75.8 Å². The van der Waals surface area contributed by atoms with E-state index in [4.69, 9.17) is 0 Å². The van der Waals surface area contributed by atoms with Gasteiger partial charge in [0, 0.05) is 19.0 Å². The molecule has 3 rings (SSSR count). The lowest BCUT2D eigenvalue weighted by atomic mass is 9.77. The lowest BCUT2D eigenvalue weighted by molar-refractivity contribution is -0.160. The molecule has 0 aromatic rings.